The summed E-state index contributed by atoms with van der Waals surface area (Å²) in [6, 6.07) is 4.21. The molecule has 9 heteroatoms. The number of hydrogen-bond donors (Lipinski definition) is 1. The summed E-state index contributed by atoms with van der Waals surface area (Å²) in [6.07, 6.45) is 2.68. The predicted octanol–water partition coefficient (Wildman–Crippen LogP) is 1.15. The van der Waals surface area contributed by atoms with Gasteiger partial charge in [-0.1, -0.05) is 11.3 Å². The molecular weight excluding hydrogens is 340 g/mol. The van der Waals surface area contributed by atoms with Gasteiger partial charge >= 0.3 is 5.97 Å². The van der Waals surface area contributed by atoms with Gasteiger partial charge in [-0.3, -0.25) is 4.79 Å². The Kier molecular flexibility index (Phi) is 7.39. The number of nitrogens with zero attached hydrogens (tertiary/aromatic N) is 5. The highest BCUT2D eigenvalue weighted by molar-refractivity contribution is 7.09. The molecule has 0 radical (unpaired) electrons. The van der Waals surface area contributed by atoms with Crippen LogP contribution in [-0.2, 0) is 29.0 Å². The summed E-state index contributed by atoms with van der Waals surface area (Å²) in [5.41, 5.74) is 0.700. The maximum Gasteiger partial charge on any atom is 0.327 e. The second-order valence-corrected chi connectivity index (χ2v) is 6.44. The first-order valence-electron chi connectivity index (χ1n) is 8.10. The molecule has 0 amide bonds. The normalized spacial score (nSPS) is 11.4. The smallest absolute Gasteiger partial charge is 0.327 e. The lowest BCUT2D eigenvalue weighted by atomic mass is 10.3. The van der Waals surface area contributed by atoms with Crippen molar-refractivity contribution in [1.29, 1.82) is 0 Å². The van der Waals surface area contributed by atoms with Crippen LogP contribution in [0.5, 0.6) is 0 Å². The summed E-state index contributed by atoms with van der Waals surface area (Å²) in [7, 11) is 3.36. The monoisotopic (exact) mass is 364 g/mol. The van der Waals surface area contributed by atoms with Gasteiger partial charge in [0.1, 0.15) is 12.2 Å². The third kappa shape index (κ3) is 6.18. The summed E-state index contributed by atoms with van der Waals surface area (Å²) >= 11 is 1.76. The van der Waals surface area contributed by atoms with Gasteiger partial charge in [-0.2, -0.15) is 0 Å². The SMILES string of the molecule is CCNC(=NCc1cn(CC(=O)OC)nn1)N(C)CCc1cccs1. The minimum absolute atomic E-state index is 0.0496. The molecule has 136 valence electrons. The first kappa shape index (κ1) is 18.9. The predicted molar refractivity (Wildman–Crippen MR) is 97.5 cm³/mol. The van der Waals surface area contributed by atoms with E-state index in [-0.39, 0.29) is 12.5 Å². The first-order chi connectivity index (χ1) is 12.1. The minimum atomic E-state index is -0.360. The molecule has 0 bridgehead atoms. The van der Waals surface area contributed by atoms with E-state index in [0.29, 0.717) is 12.2 Å². The van der Waals surface area contributed by atoms with Crippen LogP contribution in [0.4, 0.5) is 0 Å². The van der Waals surface area contributed by atoms with Crippen LogP contribution in [-0.4, -0.2) is 59.1 Å². The van der Waals surface area contributed by atoms with Crippen molar-refractivity contribution in [2.75, 3.05) is 27.2 Å². The Bertz CT molecular complexity index is 683. The molecule has 25 heavy (non-hydrogen) atoms. The van der Waals surface area contributed by atoms with Gasteiger partial charge in [-0.25, -0.2) is 9.67 Å². The fourth-order valence-corrected chi connectivity index (χ4v) is 2.85. The van der Waals surface area contributed by atoms with Crippen LogP contribution in [0, 0.1) is 0 Å². The molecule has 1 N–H and O–H groups in total. The third-order valence-electron chi connectivity index (χ3n) is 3.47. The number of nitrogens with one attached hydrogen (secondary N) is 1. The van der Waals surface area contributed by atoms with Crippen LogP contribution in [0.1, 0.15) is 17.5 Å². The van der Waals surface area contributed by atoms with E-state index in [1.54, 1.807) is 17.5 Å². The van der Waals surface area contributed by atoms with Gasteiger partial charge in [0, 0.05) is 25.0 Å². The second kappa shape index (κ2) is 9.77. The first-order valence-corrected chi connectivity index (χ1v) is 8.98. The number of hydrogen-bond acceptors (Lipinski definition) is 6. The van der Waals surface area contributed by atoms with E-state index in [1.807, 2.05) is 14.0 Å². The molecule has 2 aromatic rings. The molecule has 0 saturated carbocycles. The molecular formula is C16H24N6O2S. The summed E-state index contributed by atoms with van der Waals surface area (Å²) in [5.74, 6) is 0.461. The van der Waals surface area contributed by atoms with E-state index >= 15 is 0 Å². The Hall–Kier alpha value is -2.42. The Morgan fingerprint density at radius 2 is 2.36 bits per heavy atom. The summed E-state index contributed by atoms with van der Waals surface area (Å²) in [5, 5.41) is 13.3. The maximum atomic E-state index is 11.2. The van der Waals surface area contributed by atoms with E-state index in [4.69, 9.17) is 0 Å². The Morgan fingerprint density at radius 1 is 1.52 bits per heavy atom. The molecule has 0 aliphatic carbocycles. The average Bonchev–Trinajstić information content (AvgIpc) is 3.28. The van der Waals surface area contributed by atoms with E-state index in [9.17, 15) is 4.79 Å². The fraction of sp³-hybridized carbons (Fsp3) is 0.500. The highest BCUT2D eigenvalue weighted by Crippen LogP contribution is 2.09. The molecule has 0 aromatic carbocycles. The molecule has 2 aromatic heterocycles. The van der Waals surface area contributed by atoms with Gasteiger partial charge in [0.05, 0.1) is 19.9 Å². The zero-order chi connectivity index (χ0) is 18.1. The van der Waals surface area contributed by atoms with Crippen LogP contribution in [0.15, 0.2) is 28.7 Å². The van der Waals surface area contributed by atoms with Gasteiger partial charge in [0.25, 0.3) is 0 Å². The number of methoxy groups -OCH3 is 1. The maximum absolute atomic E-state index is 11.2. The van der Waals surface area contributed by atoms with Crippen molar-refractivity contribution in [3.63, 3.8) is 0 Å². The van der Waals surface area contributed by atoms with Crippen LogP contribution in [0.25, 0.3) is 0 Å². The van der Waals surface area contributed by atoms with E-state index in [1.165, 1.54) is 16.7 Å². The average molecular weight is 364 g/mol. The van der Waals surface area contributed by atoms with Gasteiger partial charge < -0.3 is 15.0 Å². The summed E-state index contributed by atoms with van der Waals surface area (Å²) in [4.78, 5) is 19.3. The molecule has 2 rings (SSSR count). The fourth-order valence-electron chi connectivity index (χ4n) is 2.15. The highest BCUT2D eigenvalue weighted by atomic mass is 32.1. The zero-order valence-electron chi connectivity index (χ0n) is 14.8. The zero-order valence-corrected chi connectivity index (χ0v) is 15.6. The largest absolute Gasteiger partial charge is 0.468 e. The Balaban J connectivity index is 1.92. The number of guanidine groups is 1. The molecule has 0 spiro atoms. The molecule has 8 nitrogen and oxygen atoms in total. The number of esters is 1. The molecule has 0 unspecified atom stereocenters. The quantitative estimate of drug-likeness (QED) is 0.430. The Labute approximate surface area is 151 Å². The van der Waals surface area contributed by atoms with Crippen molar-refractivity contribution in [3.05, 3.63) is 34.3 Å². The lowest BCUT2D eigenvalue weighted by Crippen LogP contribution is -2.39. The third-order valence-corrected chi connectivity index (χ3v) is 4.40. The van der Waals surface area contributed by atoms with Crippen molar-refractivity contribution in [3.8, 4) is 0 Å². The molecule has 0 aliphatic rings. The molecule has 0 fully saturated rings. The topological polar surface area (TPSA) is 84.6 Å². The lowest BCUT2D eigenvalue weighted by Gasteiger charge is -2.21. The van der Waals surface area contributed by atoms with E-state index in [2.05, 4.69) is 47.8 Å². The molecule has 0 saturated heterocycles. The van der Waals surface area contributed by atoms with Crippen molar-refractivity contribution in [1.82, 2.24) is 25.2 Å². The number of aliphatic imine (C=N–C) groups is 1. The molecule has 0 aliphatic heterocycles. The van der Waals surface area contributed by atoms with Gasteiger partial charge in [-0.05, 0) is 24.8 Å². The number of carbonyl (C=O) groups excluding carboxylic acids is 1. The number of ether oxygens (including phenoxy) is 1. The van der Waals surface area contributed by atoms with Crippen LogP contribution in [0.2, 0.25) is 0 Å². The lowest BCUT2D eigenvalue weighted by molar-refractivity contribution is -0.141. The van der Waals surface area contributed by atoms with E-state index < -0.39 is 0 Å². The van der Waals surface area contributed by atoms with Crippen LogP contribution in [0.3, 0.4) is 0 Å². The van der Waals surface area contributed by atoms with Crippen LogP contribution < -0.4 is 5.32 Å². The second-order valence-electron chi connectivity index (χ2n) is 5.40. The molecule has 2 heterocycles. The number of aromatic nitrogens is 3. The highest BCUT2D eigenvalue weighted by Gasteiger charge is 2.08. The number of carbonyl (C=O) groups is 1. The number of rotatable bonds is 8. The van der Waals surface area contributed by atoms with Crippen LogP contribution >= 0.6 is 11.3 Å². The van der Waals surface area contributed by atoms with Crippen molar-refractivity contribution in [2.45, 2.75) is 26.4 Å². The Morgan fingerprint density at radius 3 is 3.04 bits per heavy atom. The number of likely N-dealkylation sites (N-methyl/N-ethyl adjacent to an activating group) is 1. The summed E-state index contributed by atoms with van der Waals surface area (Å²) < 4.78 is 6.06. The minimum Gasteiger partial charge on any atom is -0.468 e. The molecule has 0 atom stereocenters. The van der Waals surface area contributed by atoms with Crippen molar-refractivity contribution >= 4 is 23.3 Å². The van der Waals surface area contributed by atoms with Crippen molar-refractivity contribution < 1.29 is 9.53 Å². The van der Waals surface area contributed by atoms with Gasteiger partial charge in [0.2, 0.25) is 0 Å². The standard InChI is InChI=1S/C16H24N6O2S/c1-4-17-16(21(2)8-7-14-6-5-9-25-14)18-10-13-11-22(20-19-13)12-15(23)24-3/h5-6,9,11H,4,7-8,10,12H2,1-3H3,(H,17,18). The van der Waals surface area contributed by atoms with Gasteiger partial charge in [0.15, 0.2) is 5.96 Å². The number of thiophene rings is 1. The van der Waals surface area contributed by atoms with Gasteiger partial charge in [-0.15, -0.1) is 16.4 Å². The van der Waals surface area contributed by atoms with E-state index in [0.717, 1.165) is 25.5 Å². The van der Waals surface area contributed by atoms with Crippen molar-refractivity contribution in [2.24, 2.45) is 4.99 Å². The summed E-state index contributed by atoms with van der Waals surface area (Å²) in [6.45, 7) is 4.15.